The van der Waals surface area contributed by atoms with Gasteiger partial charge in [0.1, 0.15) is 18.0 Å². The molecule has 0 saturated heterocycles. The molecule has 25 heavy (non-hydrogen) atoms. The molecular weight excluding hydrogens is 331 g/mol. The Hall–Kier alpha value is -2.57. The Morgan fingerprint density at radius 2 is 2.12 bits per heavy atom. The lowest BCUT2D eigenvalue weighted by Gasteiger charge is -2.13. The molecular formula is C18H21F3N3O+. The fraction of sp³-hybridized carbons (Fsp3) is 0.333. The van der Waals surface area contributed by atoms with Crippen LogP contribution in [-0.2, 0) is 6.18 Å². The maximum Gasteiger partial charge on any atom is 0.416 e. The van der Waals surface area contributed by atoms with Crippen molar-refractivity contribution in [1.82, 2.24) is 0 Å². The fourth-order valence-corrected chi connectivity index (χ4v) is 2.58. The summed E-state index contributed by atoms with van der Waals surface area (Å²) in [7, 11) is 0. The molecule has 2 rings (SSSR count). The fourth-order valence-electron chi connectivity index (χ4n) is 2.58. The first-order valence-electron chi connectivity index (χ1n) is 7.84. The van der Waals surface area contributed by atoms with Crippen LogP contribution in [0.4, 0.5) is 13.2 Å². The number of nitrogens with two attached hydrogens (primary N) is 1. The number of benzene rings is 1. The SMILES string of the molecule is CC1=N/C=C\CC[N+](C/C=C(\C)N)=C1c1ccc(C(F)(F)F)cc1O. The van der Waals surface area contributed by atoms with Crippen molar-refractivity contribution < 1.29 is 22.9 Å². The average Bonchev–Trinajstić information content (AvgIpc) is 2.50. The molecule has 1 aliphatic heterocycles. The minimum atomic E-state index is -4.51. The molecule has 0 radical (unpaired) electrons. The Labute approximate surface area is 144 Å². The van der Waals surface area contributed by atoms with Crippen LogP contribution < -0.4 is 5.73 Å². The number of nitrogens with zero attached hydrogens (tertiary/aromatic N) is 2. The number of allylic oxidation sites excluding steroid dienone is 1. The Kier molecular flexibility index (Phi) is 5.66. The monoisotopic (exact) mass is 352 g/mol. The normalized spacial score (nSPS) is 17.8. The lowest BCUT2D eigenvalue weighted by Crippen LogP contribution is -2.30. The topological polar surface area (TPSA) is 61.6 Å². The van der Waals surface area contributed by atoms with Crippen molar-refractivity contribution in [2.45, 2.75) is 26.4 Å². The van der Waals surface area contributed by atoms with Crippen molar-refractivity contribution >= 4 is 11.4 Å². The van der Waals surface area contributed by atoms with Crippen LogP contribution in [0.5, 0.6) is 5.75 Å². The van der Waals surface area contributed by atoms with Crippen LogP contribution >= 0.6 is 0 Å². The van der Waals surface area contributed by atoms with Gasteiger partial charge >= 0.3 is 6.18 Å². The van der Waals surface area contributed by atoms with Gasteiger partial charge < -0.3 is 10.8 Å². The van der Waals surface area contributed by atoms with Crippen LogP contribution in [0, 0.1) is 0 Å². The number of phenols is 1. The van der Waals surface area contributed by atoms with E-state index in [4.69, 9.17) is 5.73 Å². The molecule has 0 aliphatic carbocycles. The third kappa shape index (κ3) is 4.71. The molecule has 0 amide bonds. The zero-order chi connectivity index (χ0) is 18.6. The summed E-state index contributed by atoms with van der Waals surface area (Å²) in [5.74, 6) is -0.428. The van der Waals surface area contributed by atoms with Gasteiger partial charge in [-0.2, -0.15) is 13.2 Å². The van der Waals surface area contributed by atoms with Gasteiger partial charge in [0.05, 0.1) is 11.1 Å². The predicted octanol–water partition coefficient (Wildman–Crippen LogP) is 3.45. The van der Waals surface area contributed by atoms with E-state index in [-0.39, 0.29) is 0 Å². The Bertz CT molecular complexity index is 770. The number of hydrogen-bond donors (Lipinski definition) is 2. The van der Waals surface area contributed by atoms with E-state index in [0.717, 1.165) is 18.6 Å². The van der Waals surface area contributed by atoms with Crippen molar-refractivity contribution in [2.24, 2.45) is 10.7 Å². The van der Waals surface area contributed by atoms with E-state index >= 15 is 0 Å². The Morgan fingerprint density at radius 1 is 1.40 bits per heavy atom. The number of aliphatic imine (C=N–C) groups is 1. The molecule has 0 unspecified atom stereocenters. The van der Waals surface area contributed by atoms with Gasteiger partial charge in [-0.15, -0.1) is 0 Å². The third-order valence-corrected chi connectivity index (χ3v) is 3.81. The summed E-state index contributed by atoms with van der Waals surface area (Å²) >= 11 is 0. The molecule has 0 atom stereocenters. The first-order valence-corrected chi connectivity index (χ1v) is 7.84. The number of phenolic OH excluding ortho intramolecular Hbond substituents is 1. The maximum absolute atomic E-state index is 12.8. The molecule has 0 spiro atoms. The van der Waals surface area contributed by atoms with Crippen LogP contribution in [0.1, 0.15) is 31.4 Å². The van der Waals surface area contributed by atoms with Crippen molar-refractivity contribution in [1.29, 1.82) is 0 Å². The molecule has 0 fully saturated rings. The zero-order valence-corrected chi connectivity index (χ0v) is 14.1. The first-order chi connectivity index (χ1) is 11.7. The molecule has 0 bridgehead atoms. The van der Waals surface area contributed by atoms with Crippen molar-refractivity contribution in [3.63, 3.8) is 0 Å². The van der Waals surface area contributed by atoms with E-state index < -0.39 is 17.5 Å². The molecule has 1 heterocycles. The summed E-state index contributed by atoms with van der Waals surface area (Å²) in [5, 5.41) is 10.2. The summed E-state index contributed by atoms with van der Waals surface area (Å²) < 4.78 is 40.5. The van der Waals surface area contributed by atoms with Crippen molar-refractivity contribution in [2.75, 3.05) is 13.1 Å². The minimum absolute atomic E-state index is 0.313. The van der Waals surface area contributed by atoms with Crippen LogP contribution in [-0.4, -0.2) is 34.2 Å². The maximum atomic E-state index is 12.8. The van der Waals surface area contributed by atoms with E-state index in [0.29, 0.717) is 35.8 Å². The molecule has 1 aromatic rings. The minimum Gasteiger partial charge on any atom is -0.507 e. The molecule has 7 heteroatoms. The second-order valence-electron chi connectivity index (χ2n) is 5.86. The highest BCUT2D eigenvalue weighted by Gasteiger charge is 2.32. The summed E-state index contributed by atoms with van der Waals surface area (Å²) in [5.41, 5.74) is 6.96. The lowest BCUT2D eigenvalue weighted by atomic mass is 10.0. The summed E-state index contributed by atoms with van der Waals surface area (Å²) in [6.07, 6.45) is 1.61. The van der Waals surface area contributed by atoms with Gasteiger partial charge in [-0.25, -0.2) is 4.58 Å². The number of alkyl halides is 3. The van der Waals surface area contributed by atoms with Gasteiger partial charge in [0, 0.05) is 18.3 Å². The van der Waals surface area contributed by atoms with Gasteiger partial charge in [0.15, 0.2) is 6.54 Å². The number of aromatic hydroxyl groups is 1. The highest BCUT2D eigenvalue weighted by atomic mass is 19.4. The van der Waals surface area contributed by atoms with Gasteiger partial charge in [-0.3, -0.25) is 4.99 Å². The first kappa shape index (κ1) is 18.8. The van der Waals surface area contributed by atoms with E-state index in [1.165, 1.54) is 6.07 Å². The quantitative estimate of drug-likeness (QED) is 0.819. The Balaban J connectivity index is 2.61. The standard InChI is InChI=1S/C18H20F3N3O/c1-12(22)7-10-24-9-4-3-8-23-13(2)17(24)15-6-5-14(11-16(15)25)18(19,20)21/h3,5-8,11H,4,9-10,22H2,1-2H3/p+1/b8-3-,12-7+,23-13?. The smallest absolute Gasteiger partial charge is 0.416 e. The average molecular weight is 352 g/mol. The van der Waals surface area contributed by atoms with Crippen LogP contribution in [0.3, 0.4) is 0 Å². The van der Waals surface area contributed by atoms with Crippen molar-refractivity contribution in [3.8, 4) is 5.75 Å². The van der Waals surface area contributed by atoms with E-state index in [1.807, 2.05) is 16.7 Å². The van der Waals surface area contributed by atoms with Gasteiger partial charge in [-0.1, -0.05) is 6.08 Å². The molecule has 1 aliphatic rings. The molecule has 134 valence electrons. The largest absolute Gasteiger partial charge is 0.507 e. The summed E-state index contributed by atoms with van der Waals surface area (Å²) in [4.78, 5) is 4.30. The van der Waals surface area contributed by atoms with Crippen molar-refractivity contribution in [3.05, 3.63) is 53.4 Å². The molecule has 0 aromatic heterocycles. The highest BCUT2D eigenvalue weighted by molar-refractivity contribution is 6.46. The Morgan fingerprint density at radius 3 is 2.72 bits per heavy atom. The van der Waals surface area contributed by atoms with Gasteiger partial charge in [0.25, 0.3) is 0 Å². The van der Waals surface area contributed by atoms with Gasteiger partial charge in [0.2, 0.25) is 5.71 Å². The van der Waals surface area contributed by atoms with Crippen LogP contribution in [0.25, 0.3) is 0 Å². The van der Waals surface area contributed by atoms with Crippen LogP contribution in [0.2, 0.25) is 0 Å². The molecule has 0 saturated carbocycles. The zero-order valence-electron chi connectivity index (χ0n) is 14.1. The summed E-state index contributed by atoms with van der Waals surface area (Å²) in [6.45, 7) is 4.62. The second-order valence-corrected chi connectivity index (χ2v) is 5.86. The summed E-state index contributed by atoms with van der Waals surface area (Å²) in [6, 6.07) is 2.99. The van der Waals surface area contributed by atoms with E-state index in [9.17, 15) is 18.3 Å². The highest BCUT2D eigenvalue weighted by Crippen LogP contribution is 2.33. The van der Waals surface area contributed by atoms with E-state index in [1.54, 1.807) is 20.0 Å². The predicted molar refractivity (Wildman–Crippen MR) is 92.0 cm³/mol. The third-order valence-electron chi connectivity index (χ3n) is 3.81. The van der Waals surface area contributed by atoms with E-state index in [2.05, 4.69) is 4.99 Å². The number of hydrogen-bond acceptors (Lipinski definition) is 3. The molecule has 4 nitrogen and oxygen atoms in total. The second kappa shape index (κ2) is 7.55. The van der Waals surface area contributed by atoms with Gasteiger partial charge in [-0.05, 0) is 38.1 Å². The number of rotatable bonds is 3. The molecule has 3 N–H and O–H groups in total. The number of halogens is 3. The molecule has 1 aromatic carbocycles. The van der Waals surface area contributed by atoms with Crippen LogP contribution in [0.15, 0.2) is 47.2 Å². The lowest BCUT2D eigenvalue weighted by molar-refractivity contribution is -0.515.